The molecule has 0 amide bonds. The van der Waals surface area contributed by atoms with E-state index in [0.29, 0.717) is 13.2 Å². The van der Waals surface area contributed by atoms with Gasteiger partial charge in [-0.15, -0.1) is 0 Å². The standard InChI is InChI=1S/C15H23O3/c1-2-16-12-11-15(17-13-7-3-4-8-13)18-14-9-5-6-10-14/h7,9,15H,1-6,8,10-12H2. The van der Waals surface area contributed by atoms with Gasteiger partial charge in [0.1, 0.15) is 0 Å². The Balaban J connectivity index is 1.80. The van der Waals surface area contributed by atoms with Gasteiger partial charge in [-0.1, -0.05) is 0 Å². The first-order chi connectivity index (χ1) is 8.88. The van der Waals surface area contributed by atoms with Gasteiger partial charge in [-0.3, -0.25) is 0 Å². The molecule has 101 valence electrons. The molecule has 2 rings (SSSR count). The first-order valence-electron chi connectivity index (χ1n) is 6.97. The molecule has 0 aromatic rings. The Hall–Kier alpha value is -0.960. The molecule has 1 radical (unpaired) electrons. The topological polar surface area (TPSA) is 27.7 Å². The minimum Gasteiger partial charge on any atom is -0.460 e. The highest BCUT2D eigenvalue weighted by molar-refractivity contribution is 5.02. The lowest BCUT2D eigenvalue weighted by molar-refractivity contribution is -0.102. The molecular weight excluding hydrogens is 228 g/mol. The van der Waals surface area contributed by atoms with Crippen molar-refractivity contribution < 1.29 is 14.2 Å². The smallest absolute Gasteiger partial charge is 0.242 e. The third-order valence-corrected chi connectivity index (χ3v) is 3.21. The summed E-state index contributed by atoms with van der Waals surface area (Å²) in [5, 5.41) is 0. The first kappa shape index (κ1) is 13.5. The van der Waals surface area contributed by atoms with Crippen molar-refractivity contribution in [3.05, 3.63) is 30.6 Å². The second-order valence-electron chi connectivity index (χ2n) is 4.69. The Morgan fingerprint density at radius 1 is 1.06 bits per heavy atom. The number of hydrogen-bond acceptors (Lipinski definition) is 3. The molecule has 3 nitrogen and oxygen atoms in total. The highest BCUT2D eigenvalue weighted by Crippen LogP contribution is 2.25. The van der Waals surface area contributed by atoms with Crippen molar-refractivity contribution in [1.82, 2.24) is 0 Å². The normalized spacial score (nSPS) is 19.0. The Morgan fingerprint density at radius 3 is 2.11 bits per heavy atom. The lowest BCUT2D eigenvalue weighted by Gasteiger charge is -2.21. The van der Waals surface area contributed by atoms with E-state index in [-0.39, 0.29) is 6.29 Å². The zero-order chi connectivity index (χ0) is 12.6. The quantitative estimate of drug-likeness (QED) is 0.486. The number of allylic oxidation sites excluding steroid dienone is 4. The van der Waals surface area contributed by atoms with Crippen LogP contribution in [0.4, 0.5) is 0 Å². The monoisotopic (exact) mass is 251 g/mol. The molecule has 18 heavy (non-hydrogen) atoms. The van der Waals surface area contributed by atoms with Crippen LogP contribution in [-0.2, 0) is 14.2 Å². The molecule has 0 bridgehead atoms. The average Bonchev–Trinajstić information content (AvgIpc) is 3.02. The van der Waals surface area contributed by atoms with E-state index >= 15 is 0 Å². The van der Waals surface area contributed by atoms with Crippen LogP contribution in [0.2, 0.25) is 0 Å². The van der Waals surface area contributed by atoms with Gasteiger partial charge in [0.05, 0.1) is 18.1 Å². The predicted molar refractivity (Wildman–Crippen MR) is 70.6 cm³/mol. The summed E-state index contributed by atoms with van der Waals surface area (Å²) in [6, 6.07) is 0. The van der Waals surface area contributed by atoms with Gasteiger partial charge in [-0.25, -0.2) is 0 Å². The van der Waals surface area contributed by atoms with E-state index in [1.165, 1.54) is 12.8 Å². The molecule has 0 aliphatic heterocycles. The zero-order valence-corrected chi connectivity index (χ0v) is 11.0. The van der Waals surface area contributed by atoms with E-state index in [1.54, 1.807) is 0 Å². The van der Waals surface area contributed by atoms with Crippen molar-refractivity contribution in [2.75, 3.05) is 13.2 Å². The fourth-order valence-corrected chi connectivity index (χ4v) is 2.26. The number of rotatable bonds is 8. The van der Waals surface area contributed by atoms with Crippen molar-refractivity contribution in [3.8, 4) is 0 Å². The molecule has 0 atom stereocenters. The Morgan fingerprint density at radius 2 is 1.67 bits per heavy atom. The van der Waals surface area contributed by atoms with Crippen LogP contribution in [0, 0.1) is 6.92 Å². The second kappa shape index (κ2) is 7.47. The lowest BCUT2D eigenvalue weighted by Crippen LogP contribution is -2.18. The third kappa shape index (κ3) is 4.37. The largest absolute Gasteiger partial charge is 0.460 e. The lowest BCUT2D eigenvalue weighted by atomic mass is 10.3. The predicted octanol–water partition coefficient (Wildman–Crippen LogP) is 3.72. The van der Waals surface area contributed by atoms with E-state index in [1.807, 2.05) is 0 Å². The Bertz CT molecular complexity index is 281. The SMILES string of the molecule is [CH2]COCCC(OC1=CCCC1)OC1=CCCC1. The second-order valence-corrected chi connectivity index (χ2v) is 4.69. The molecule has 2 aliphatic rings. The van der Waals surface area contributed by atoms with E-state index in [9.17, 15) is 0 Å². The van der Waals surface area contributed by atoms with Crippen molar-refractivity contribution in [2.24, 2.45) is 0 Å². The maximum Gasteiger partial charge on any atom is 0.242 e. The van der Waals surface area contributed by atoms with Crippen LogP contribution in [0.25, 0.3) is 0 Å². The van der Waals surface area contributed by atoms with Gasteiger partial charge in [0, 0.05) is 25.9 Å². The van der Waals surface area contributed by atoms with Gasteiger partial charge in [-0.05, 0) is 44.8 Å². The van der Waals surface area contributed by atoms with Crippen molar-refractivity contribution in [2.45, 2.75) is 51.2 Å². The van der Waals surface area contributed by atoms with Crippen LogP contribution < -0.4 is 0 Å². The summed E-state index contributed by atoms with van der Waals surface area (Å²) >= 11 is 0. The molecule has 0 heterocycles. The van der Waals surface area contributed by atoms with Crippen LogP contribution in [-0.4, -0.2) is 19.5 Å². The molecule has 0 unspecified atom stereocenters. The maximum absolute atomic E-state index is 5.92. The van der Waals surface area contributed by atoms with E-state index in [4.69, 9.17) is 14.2 Å². The molecule has 0 saturated carbocycles. The van der Waals surface area contributed by atoms with Gasteiger partial charge < -0.3 is 14.2 Å². The molecule has 0 aromatic heterocycles. The molecular formula is C15H23O3. The van der Waals surface area contributed by atoms with Gasteiger partial charge in [0.25, 0.3) is 0 Å². The summed E-state index contributed by atoms with van der Waals surface area (Å²) in [6.45, 7) is 4.79. The molecule has 0 N–H and O–H groups in total. The molecule has 0 fully saturated rings. The van der Waals surface area contributed by atoms with E-state index < -0.39 is 0 Å². The average molecular weight is 251 g/mol. The summed E-state index contributed by atoms with van der Waals surface area (Å²) in [6.07, 6.45) is 11.6. The van der Waals surface area contributed by atoms with Gasteiger partial charge >= 0.3 is 0 Å². The van der Waals surface area contributed by atoms with E-state index in [0.717, 1.165) is 43.6 Å². The highest BCUT2D eigenvalue weighted by Gasteiger charge is 2.18. The molecule has 0 aromatic carbocycles. The van der Waals surface area contributed by atoms with Crippen LogP contribution in [0.15, 0.2) is 23.7 Å². The summed E-state index contributed by atoms with van der Waals surface area (Å²) in [5.41, 5.74) is 0. The number of ether oxygens (including phenoxy) is 3. The maximum atomic E-state index is 5.92. The minimum absolute atomic E-state index is 0.203. The van der Waals surface area contributed by atoms with Gasteiger partial charge in [0.2, 0.25) is 6.29 Å². The van der Waals surface area contributed by atoms with Crippen LogP contribution in [0.1, 0.15) is 44.9 Å². The molecule has 0 saturated heterocycles. The molecule has 2 aliphatic carbocycles. The van der Waals surface area contributed by atoms with Gasteiger partial charge in [0.15, 0.2) is 0 Å². The molecule has 0 spiro atoms. The highest BCUT2D eigenvalue weighted by atomic mass is 16.7. The van der Waals surface area contributed by atoms with Gasteiger partial charge in [-0.2, -0.15) is 0 Å². The van der Waals surface area contributed by atoms with Crippen molar-refractivity contribution >= 4 is 0 Å². The first-order valence-corrected chi connectivity index (χ1v) is 6.97. The fraction of sp³-hybridized carbons (Fsp3) is 0.667. The van der Waals surface area contributed by atoms with Crippen LogP contribution in [0.5, 0.6) is 0 Å². The zero-order valence-electron chi connectivity index (χ0n) is 11.0. The summed E-state index contributed by atoms with van der Waals surface area (Å²) in [5.74, 6) is 2.15. The van der Waals surface area contributed by atoms with Crippen molar-refractivity contribution in [3.63, 3.8) is 0 Å². The summed E-state index contributed by atoms with van der Waals surface area (Å²) in [4.78, 5) is 0. The van der Waals surface area contributed by atoms with E-state index in [2.05, 4.69) is 19.1 Å². The Kier molecular flexibility index (Phi) is 5.59. The van der Waals surface area contributed by atoms with Crippen molar-refractivity contribution in [1.29, 1.82) is 0 Å². The fourth-order valence-electron chi connectivity index (χ4n) is 2.26. The summed E-state index contributed by atoms with van der Waals surface area (Å²) in [7, 11) is 0. The van der Waals surface area contributed by atoms with Crippen LogP contribution in [0.3, 0.4) is 0 Å². The number of hydrogen-bond donors (Lipinski definition) is 0. The minimum atomic E-state index is -0.203. The summed E-state index contributed by atoms with van der Waals surface area (Å²) < 4.78 is 17.1. The Labute approximate surface area is 110 Å². The van der Waals surface area contributed by atoms with Crippen LogP contribution >= 0.6 is 0 Å². The molecule has 3 heteroatoms. The third-order valence-electron chi connectivity index (χ3n) is 3.21.